The highest BCUT2D eigenvalue weighted by molar-refractivity contribution is 5.91. The van der Waals surface area contributed by atoms with E-state index in [1.165, 1.54) is 24.4 Å². The maximum absolute atomic E-state index is 12.5. The Morgan fingerprint density at radius 1 is 0.978 bits per heavy atom. The molecule has 6 N–H and O–H groups in total. The van der Waals surface area contributed by atoms with Crippen LogP contribution in [0.3, 0.4) is 0 Å². The van der Waals surface area contributed by atoms with E-state index in [1.54, 1.807) is 24.3 Å². The highest BCUT2D eigenvalue weighted by Crippen LogP contribution is 2.28. The lowest BCUT2D eigenvalue weighted by atomic mass is 10.1. The number of esters is 1. The highest BCUT2D eigenvalue weighted by atomic mass is 16.6. The number of aliphatic hydroxyl groups excluding tert-OH is 3. The minimum atomic E-state index is -1.48. The van der Waals surface area contributed by atoms with Crippen molar-refractivity contribution in [1.82, 2.24) is 14.9 Å². The van der Waals surface area contributed by atoms with Gasteiger partial charge in [-0.3, -0.25) is 14.7 Å². The number of carbonyl (C=O) groups excluding carboxylic acids is 4. The molecule has 248 valence electrons. The van der Waals surface area contributed by atoms with Crippen LogP contribution in [-0.4, -0.2) is 93.1 Å². The van der Waals surface area contributed by atoms with E-state index >= 15 is 0 Å². The molecule has 1 aromatic carbocycles. The summed E-state index contributed by atoms with van der Waals surface area (Å²) in [6.07, 6.45) is -3.32. The molecule has 17 heteroatoms. The summed E-state index contributed by atoms with van der Waals surface area (Å²) in [6, 6.07) is 6.43. The third-order valence-electron chi connectivity index (χ3n) is 6.37. The molecule has 2 heterocycles. The number of rotatable bonds is 15. The number of aromatic nitrogens is 2. The van der Waals surface area contributed by atoms with E-state index in [0.717, 1.165) is 4.57 Å². The molecule has 1 aliphatic rings. The molecule has 1 fully saturated rings. The molecule has 0 spiro atoms. The number of anilines is 2. The fourth-order valence-electron chi connectivity index (χ4n) is 4.07. The van der Waals surface area contributed by atoms with Crippen molar-refractivity contribution in [2.75, 3.05) is 30.5 Å². The molecule has 5 atom stereocenters. The van der Waals surface area contributed by atoms with Crippen molar-refractivity contribution in [3.05, 3.63) is 77.9 Å². The number of alkyl carbamates (subject to hydrolysis) is 1. The third-order valence-corrected chi connectivity index (χ3v) is 6.37. The standard InChI is InChI=1S/C29H35N5O12/c1-3-13-43-26(39)19(31-28(41)44-14-4-2)9-10-22(36)30-18-7-5-17(6-8-18)16-45-29(42)33-21-11-12-34(27(40)32-21)25-24(38)23(37)20(15-35)46-25/h3-8,11-12,19-20,23-25,35,37-38H,1-2,9-10,13-16H2,(H,30,36)(H,31,41)(H,32,33,40,42)/t19-,20+,23?,24?,25+/m0/s1. The van der Waals surface area contributed by atoms with Crippen LogP contribution < -0.4 is 21.6 Å². The average molecular weight is 646 g/mol. The minimum absolute atomic E-state index is 0.0669. The second-order valence-corrected chi connectivity index (χ2v) is 9.72. The fraction of sp³-hybridized carbons (Fsp3) is 0.379. The van der Waals surface area contributed by atoms with Gasteiger partial charge in [-0.2, -0.15) is 4.98 Å². The summed E-state index contributed by atoms with van der Waals surface area (Å²) in [5.74, 6) is -1.34. The van der Waals surface area contributed by atoms with Crippen LogP contribution in [0.2, 0.25) is 0 Å². The molecule has 0 radical (unpaired) electrons. The van der Waals surface area contributed by atoms with Crippen molar-refractivity contribution in [1.29, 1.82) is 0 Å². The largest absolute Gasteiger partial charge is 0.460 e. The molecule has 1 aromatic heterocycles. The molecular weight excluding hydrogens is 610 g/mol. The van der Waals surface area contributed by atoms with Crippen LogP contribution in [0.4, 0.5) is 21.1 Å². The third kappa shape index (κ3) is 10.2. The van der Waals surface area contributed by atoms with Crippen LogP contribution in [0.25, 0.3) is 0 Å². The predicted molar refractivity (Wildman–Crippen MR) is 159 cm³/mol. The molecular formula is C29H35N5O12. The SMILES string of the molecule is C=CCOC(=O)N[C@@H](CCC(=O)Nc1ccc(COC(=O)Nc2ccn([C@@H]3O[C@H](CO)C(O)C3O)c(=O)n2)cc1)C(=O)OCC=C. The Kier molecular flexibility index (Phi) is 13.4. The smallest absolute Gasteiger partial charge is 0.413 e. The monoisotopic (exact) mass is 645 g/mol. The first-order chi connectivity index (χ1) is 22.1. The average Bonchev–Trinajstić information content (AvgIpc) is 3.33. The van der Waals surface area contributed by atoms with Crippen molar-refractivity contribution in [3.63, 3.8) is 0 Å². The number of ether oxygens (including phenoxy) is 4. The van der Waals surface area contributed by atoms with Crippen LogP contribution in [0.1, 0.15) is 24.6 Å². The Labute approximate surface area is 262 Å². The molecule has 3 amide bonds. The number of aliphatic hydroxyl groups is 3. The summed E-state index contributed by atoms with van der Waals surface area (Å²) in [6.45, 7) is 6.02. The van der Waals surface area contributed by atoms with Crippen molar-refractivity contribution in [2.45, 2.75) is 50.0 Å². The van der Waals surface area contributed by atoms with Gasteiger partial charge in [0.1, 0.15) is 50.0 Å². The van der Waals surface area contributed by atoms with Gasteiger partial charge in [-0.25, -0.2) is 19.2 Å². The summed E-state index contributed by atoms with van der Waals surface area (Å²) >= 11 is 0. The van der Waals surface area contributed by atoms with Crippen LogP contribution in [0, 0.1) is 0 Å². The molecule has 0 bridgehead atoms. The lowest BCUT2D eigenvalue weighted by Gasteiger charge is -2.17. The van der Waals surface area contributed by atoms with Crippen LogP contribution in [0.15, 0.2) is 66.6 Å². The Hall–Kier alpha value is -5.10. The van der Waals surface area contributed by atoms with Gasteiger partial charge in [-0.05, 0) is 30.2 Å². The van der Waals surface area contributed by atoms with Gasteiger partial charge in [-0.15, -0.1) is 0 Å². The number of hydrogen-bond donors (Lipinski definition) is 6. The summed E-state index contributed by atoms with van der Waals surface area (Å²) in [5, 5.41) is 36.5. The number of carbonyl (C=O) groups is 4. The summed E-state index contributed by atoms with van der Waals surface area (Å²) in [7, 11) is 0. The molecule has 17 nitrogen and oxygen atoms in total. The molecule has 3 rings (SSSR count). The van der Waals surface area contributed by atoms with E-state index in [-0.39, 0.29) is 38.5 Å². The number of nitrogens with zero attached hydrogens (tertiary/aromatic N) is 2. The summed E-state index contributed by atoms with van der Waals surface area (Å²) in [5.41, 5.74) is 0.0881. The van der Waals surface area contributed by atoms with E-state index in [9.17, 15) is 39.3 Å². The maximum atomic E-state index is 12.5. The second kappa shape index (κ2) is 17.4. The van der Waals surface area contributed by atoms with Gasteiger partial charge in [-0.1, -0.05) is 37.4 Å². The van der Waals surface area contributed by atoms with Gasteiger partial charge in [0.05, 0.1) is 6.61 Å². The van der Waals surface area contributed by atoms with Gasteiger partial charge < -0.3 is 44.9 Å². The maximum Gasteiger partial charge on any atom is 0.413 e. The van der Waals surface area contributed by atoms with Crippen LogP contribution >= 0.6 is 0 Å². The van der Waals surface area contributed by atoms with Crippen molar-refractivity contribution >= 4 is 35.6 Å². The fourth-order valence-corrected chi connectivity index (χ4v) is 4.07. The number of hydrogen-bond acceptors (Lipinski definition) is 13. The van der Waals surface area contributed by atoms with E-state index in [2.05, 4.69) is 34.1 Å². The Bertz CT molecular complexity index is 1450. The summed E-state index contributed by atoms with van der Waals surface area (Å²) in [4.78, 5) is 65.0. The van der Waals surface area contributed by atoms with Crippen molar-refractivity contribution in [3.8, 4) is 0 Å². The highest BCUT2D eigenvalue weighted by Gasteiger charge is 2.43. The zero-order valence-electron chi connectivity index (χ0n) is 24.6. The first-order valence-corrected chi connectivity index (χ1v) is 13.9. The zero-order valence-corrected chi connectivity index (χ0v) is 24.6. The first-order valence-electron chi connectivity index (χ1n) is 13.9. The van der Waals surface area contributed by atoms with E-state index in [4.69, 9.17) is 18.9 Å². The van der Waals surface area contributed by atoms with E-state index < -0.39 is 66.9 Å². The number of nitrogens with one attached hydrogen (secondary N) is 3. The van der Waals surface area contributed by atoms with Gasteiger partial charge in [0.15, 0.2) is 6.23 Å². The molecule has 1 aliphatic heterocycles. The quantitative estimate of drug-likeness (QED) is 0.0871. The van der Waals surface area contributed by atoms with Gasteiger partial charge in [0.2, 0.25) is 5.91 Å². The van der Waals surface area contributed by atoms with Crippen LogP contribution in [0.5, 0.6) is 0 Å². The molecule has 2 unspecified atom stereocenters. The molecule has 0 aliphatic carbocycles. The van der Waals surface area contributed by atoms with E-state index in [1.807, 2.05) is 0 Å². The Balaban J connectivity index is 1.46. The van der Waals surface area contributed by atoms with Gasteiger partial charge in [0.25, 0.3) is 0 Å². The van der Waals surface area contributed by atoms with Crippen molar-refractivity contribution < 1.29 is 53.4 Å². The van der Waals surface area contributed by atoms with E-state index in [0.29, 0.717) is 11.3 Å². The molecule has 2 aromatic rings. The molecule has 1 saturated heterocycles. The summed E-state index contributed by atoms with van der Waals surface area (Å²) < 4.78 is 21.1. The Morgan fingerprint density at radius 3 is 2.30 bits per heavy atom. The molecule has 46 heavy (non-hydrogen) atoms. The normalized spacial score (nSPS) is 19.3. The minimum Gasteiger partial charge on any atom is -0.460 e. The number of amides is 3. The molecule has 0 saturated carbocycles. The lowest BCUT2D eigenvalue weighted by Crippen LogP contribution is -2.42. The topological polar surface area (TPSA) is 237 Å². The first kappa shape index (κ1) is 35.4. The predicted octanol–water partition coefficient (Wildman–Crippen LogP) is 0.332. The van der Waals surface area contributed by atoms with Crippen LogP contribution in [-0.2, 0) is 35.1 Å². The number of benzene rings is 1. The lowest BCUT2D eigenvalue weighted by molar-refractivity contribution is -0.145. The van der Waals surface area contributed by atoms with Crippen molar-refractivity contribution in [2.24, 2.45) is 0 Å². The van der Waals surface area contributed by atoms with Gasteiger partial charge >= 0.3 is 23.8 Å². The zero-order chi connectivity index (χ0) is 33.6. The Morgan fingerprint density at radius 2 is 1.67 bits per heavy atom. The second-order valence-electron chi connectivity index (χ2n) is 9.72. The van der Waals surface area contributed by atoms with Gasteiger partial charge in [0, 0.05) is 18.3 Å².